The Labute approximate surface area is 163 Å². The highest BCUT2D eigenvalue weighted by Crippen LogP contribution is 2.18. The molecule has 0 radical (unpaired) electrons. The van der Waals surface area contributed by atoms with Crippen LogP contribution < -0.4 is 10.1 Å². The van der Waals surface area contributed by atoms with E-state index < -0.39 is 0 Å². The Kier molecular flexibility index (Phi) is 6.47. The predicted octanol–water partition coefficient (Wildman–Crippen LogP) is 2.93. The number of nitrogens with one attached hydrogen (secondary N) is 1. The number of hydrogen-bond acceptors (Lipinski definition) is 5. The van der Waals surface area contributed by atoms with Gasteiger partial charge in [-0.3, -0.25) is 14.5 Å². The van der Waals surface area contributed by atoms with Gasteiger partial charge in [-0.15, -0.1) is 11.3 Å². The monoisotopic (exact) mass is 387 g/mol. The number of hydrogen-bond donors (Lipinski definition) is 1. The van der Waals surface area contributed by atoms with Crippen molar-refractivity contribution in [2.75, 3.05) is 38.6 Å². The van der Waals surface area contributed by atoms with Crippen LogP contribution in [0.3, 0.4) is 0 Å². The molecule has 0 bridgehead atoms. The Balaban J connectivity index is 1.56. The zero-order chi connectivity index (χ0) is 19.2. The van der Waals surface area contributed by atoms with Crippen LogP contribution in [0.25, 0.3) is 0 Å². The minimum absolute atomic E-state index is 0.0132. The van der Waals surface area contributed by atoms with Crippen molar-refractivity contribution in [2.24, 2.45) is 0 Å². The molecule has 1 aliphatic rings. The maximum atomic E-state index is 12.7. The Morgan fingerprint density at radius 3 is 2.41 bits per heavy atom. The molecule has 2 amide bonds. The van der Waals surface area contributed by atoms with Gasteiger partial charge in [0, 0.05) is 31.9 Å². The first-order valence-electron chi connectivity index (χ1n) is 9.14. The predicted molar refractivity (Wildman–Crippen MR) is 107 cm³/mol. The van der Waals surface area contributed by atoms with Crippen molar-refractivity contribution in [1.82, 2.24) is 9.80 Å². The highest BCUT2D eigenvalue weighted by Gasteiger charge is 2.29. The number of amides is 2. The lowest BCUT2D eigenvalue weighted by molar-refractivity contribution is -0.122. The van der Waals surface area contributed by atoms with Gasteiger partial charge < -0.3 is 15.0 Å². The van der Waals surface area contributed by atoms with E-state index in [2.05, 4.69) is 10.2 Å². The number of carbonyl (C=O) groups excluding carboxylic acids is 2. The van der Waals surface area contributed by atoms with Crippen LogP contribution in [0.5, 0.6) is 5.75 Å². The summed E-state index contributed by atoms with van der Waals surface area (Å²) >= 11 is 1.47. The lowest BCUT2D eigenvalue weighted by Crippen LogP contribution is -2.54. The Morgan fingerprint density at radius 1 is 1.15 bits per heavy atom. The molecule has 0 spiro atoms. The maximum Gasteiger partial charge on any atom is 0.264 e. The van der Waals surface area contributed by atoms with E-state index in [1.165, 1.54) is 11.3 Å². The molecule has 3 rings (SSSR count). The van der Waals surface area contributed by atoms with Gasteiger partial charge in [0.2, 0.25) is 5.91 Å². The molecule has 0 saturated carbocycles. The summed E-state index contributed by atoms with van der Waals surface area (Å²) in [5, 5.41) is 4.90. The molecule has 7 heteroatoms. The van der Waals surface area contributed by atoms with E-state index in [9.17, 15) is 9.59 Å². The third kappa shape index (κ3) is 4.67. The van der Waals surface area contributed by atoms with E-state index in [1.54, 1.807) is 7.11 Å². The van der Waals surface area contributed by atoms with E-state index in [1.807, 2.05) is 53.6 Å². The second-order valence-electron chi connectivity index (χ2n) is 6.45. The van der Waals surface area contributed by atoms with Gasteiger partial charge in [0.25, 0.3) is 5.91 Å². The summed E-state index contributed by atoms with van der Waals surface area (Å²) in [5.41, 5.74) is 0.755. The van der Waals surface area contributed by atoms with Crippen LogP contribution in [-0.2, 0) is 4.79 Å². The van der Waals surface area contributed by atoms with E-state index in [4.69, 9.17) is 4.74 Å². The molecule has 1 fully saturated rings. The van der Waals surface area contributed by atoms with Crippen LogP contribution >= 0.6 is 11.3 Å². The quantitative estimate of drug-likeness (QED) is 0.828. The van der Waals surface area contributed by atoms with E-state index in [0.29, 0.717) is 26.2 Å². The fourth-order valence-electron chi connectivity index (χ4n) is 3.30. The molecule has 144 valence electrons. The molecule has 0 aliphatic carbocycles. The number of carbonyl (C=O) groups is 2. The maximum absolute atomic E-state index is 12.7. The summed E-state index contributed by atoms with van der Waals surface area (Å²) in [5.74, 6) is 0.827. The highest BCUT2D eigenvalue weighted by molar-refractivity contribution is 7.12. The van der Waals surface area contributed by atoms with Crippen LogP contribution in [0.2, 0.25) is 0 Å². The number of piperazine rings is 1. The van der Waals surface area contributed by atoms with E-state index >= 15 is 0 Å². The summed E-state index contributed by atoms with van der Waals surface area (Å²) in [4.78, 5) is 30.0. The third-order valence-corrected chi connectivity index (χ3v) is 5.68. The Morgan fingerprint density at radius 2 is 1.85 bits per heavy atom. The van der Waals surface area contributed by atoms with Gasteiger partial charge in [-0.2, -0.15) is 0 Å². The first kappa shape index (κ1) is 19.4. The van der Waals surface area contributed by atoms with Gasteiger partial charge in [0.05, 0.1) is 18.0 Å². The molecule has 6 nitrogen and oxygen atoms in total. The largest absolute Gasteiger partial charge is 0.497 e. The number of anilines is 1. The normalized spacial score (nSPS) is 16.0. The molecule has 1 N–H and O–H groups in total. The van der Waals surface area contributed by atoms with Crippen molar-refractivity contribution in [3.05, 3.63) is 46.7 Å². The number of rotatable bonds is 6. The summed E-state index contributed by atoms with van der Waals surface area (Å²) in [6.07, 6.45) is 0.723. The minimum atomic E-state index is -0.203. The average molecular weight is 388 g/mol. The molecule has 2 heterocycles. The van der Waals surface area contributed by atoms with Crippen LogP contribution in [0.15, 0.2) is 41.8 Å². The van der Waals surface area contributed by atoms with Crippen LogP contribution in [0.4, 0.5) is 5.69 Å². The van der Waals surface area contributed by atoms with Gasteiger partial charge in [0.1, 0.15) is 5.75 Å². The average Bonchev–Trinajstić information content (AvgIpc) is 3.24. The molecule has 27 heavy (non-hydrogen) atoms. The minimum Gasteiger partial charge on any atom is -0.497 e. The van der Waals surface area contributed by atoms with Crippen molar-refractivity contribution >= 4 is 28.8 Å². The number of nitrogens with zero attached hydrogens (tertiary/aromatic N) is 2. The molecular formula is C20H25N3O3S. The second kappa shape index (κ2) is 9.01. The summed E-state index contributed by atoms with van der Waals surface area (Å²) in [6.45, 7) is 4.70. The lowest BCUT2D eigenvalue weighted by Gasteiger charge is -2.38. The molecule has 1 aliphatic heterocycles. The fraction of sp³-hybridized carbons (Fsp3) is 0.400. The summed E-state index contributed by atoms with van der Waals surface area (Å²) in [6, 6.07) is 10.9. The van der Waals surface area contributed by atoms with Gasteiger partial charge in [0.15, 0.2) is 0 Å². The third-order valence-electron chi connectivity index (χ3n) is 4.82. The lowest BCUT2D eigenvalue weighted by atomic mass is 10.1. The zero-order valence-corrected chi connectivity index (χ0v) is 16.5. The first-order valence-corrected chi connectivity index (χ1v) is 10.0. The smallest absolute Gasteiger partial charge is 0.264 e. The molecule has 1 saturated heterocycles. The first-order chi connectivity index (χ1) is 13.1. The van der Waals surface area contributed by atoms with Gasteiger partial charge >= 0.3 is 0 Å². The second-order valence-corrected chi connectivity index (χ2v) is 7.39. The summed E-state index contributed by atoms with van der Waals surface area (Å²) < 4.78 is 5.14. The van der Waals surface area contributed by atoms with Crippen LogP contribution in [0, 0.1) is 0 Å². The fourth-order valence-corrected chi connectivity index (χ4v) is 3.99. The number of methoxy groups -OCH3 is 1. The molecule has 1 atom stereocenters. The number of thiophene rings is 1. The van der Waals surface area contributed by atoms with Crippen molar-refractivity contribution in [3.8, 4) is 5.75 Å². The topological polar surface area (TPSA) is 61.9 Å². The SMILES string of the molecule is CC[C@H](C(=O)Nc1ccc(OC)cc1)N1CCN(C(=O)c2cccs2)CC1. The Hall–Kier alpha value is -2.38. The van der Waals surface area contributed by atoms with Crippen LogP contribution in [0.1, 0.15) is 23.0 Å². The molecular weight excluding hydrogens is 362 g/mol. The van der Waals surface area contributed by atoms with Crippen molar-refractivity contribution in [2.45, 2.75) is 19.4 Å². The van der Waals surface area contributed by atoms with E-state index in [-0.39, 0.29) is 17.9 Å². The number of benzene rings is 1. The summed E-state index contributed by atoms with van der Waals surface area (Å²) in [7, 11) is 1.61. The standard InChI is InChI=1S/C20H25N3O3S/c1-3-17(19(24)21-15-6-8-16(26-2)9-7-15)22-10-12-23(13-11-22)20(25)18-5-4-14-27-18/h4-9,14,17H,3,10-13H2,1-2H3,(H,21,24)/t17-/m1/s1. The highest BCUT2D eigenvalue weighted by atomic mass is 32.1. The van der Waals surface area contributed by atoms with Crippen molar-refractivity contribution < 1.29 is 14.3 Å². The van der Waals surface area contributed by atoms with Crippen LogP contribution in [-0.4, -0.2) is 60.9 Å². The Bertz CT molecular complexity index is 753. The molecule has 2 aromatic rings. The molecule has 1 aromatic carbocycles. The molecule has 1 aromatic heterocycles. The van der Waals surface area contributed by atoms with Gasteiger partial charge in [-0.25, -0.2) is 0 Å². The van der Waals surface area contributed by atoms with Gasteiger partial charge in [-0.05, 0) is 42.1 Å². The van der Waals surface area contributed by atoms with Crippen molar-refractivity contribution in [3.63, 3.8) is 0 Å². The zero-order valence-electron chi connectivity index (χ0n) is 15.7. The van der Waals surface area contributed by atoms with E-state index in [0.717, 1.165) is 22.7 Å². The number of ether oxygens (including phenoxy) is 1. The molecule has 0 unspecified atom stereocenters. The van der Waals surface area contributed by atoms with Crippen molar-refractivity contribution in [1.29, 1.82) is 0 Å². The van der Waals surface area contributed by atoms with Gasteiger partial charge in [-0.1, -0.05) is 13.0 Å².